The van der Waals surface area contributed by atoms with E-state index in [1.807, 2.05) is 0 Å². The topological polar surface area (TPSA) is 76.1 Å². The summed E-state index contributed by atoms with van der Waals surface area (Å²) in [7, 11) is 1.40. The van der Waals surface area contributed by atoms with Crippen LogP contribution in [0.25, 0.3) is 0 Å². The van der Waals surface area contributed by atoms with E-state index in [0.29, 0.717) is 12.5 Å². The van der Waals surface area contributed by atoms with Crippen LogP contribution in [-0.4, -0.2) is 29.5 Å². The Kier molecular flexibility index (Phi) is 6.21. The van der Waals surface area contributed by atoms with Crippen molar-refractivity contribution in [1.29, 1.82) is 0 Å². The number of halogens is 2. The summed E-state index contributed by atoms with van der Waals surface area (Å²) in [4.78, 5) is 20.4. The monoisotopic (exact) mass is 350 g/mol. The summed E-state index contributed by atoms with van der Waals surface area (Å²) < 4.78 is 31.6. The predicted molar refractivity (Wildman–Crippen MR) is 90.0 cm³/mol. The molecule has 0 unspecified atom stereocenters. The number of hydrogen-bond donors (Lipinski definition) is 2. The van der Waals surface area contributed by atoms with Crippen molar-refractivity contribution in [3.63, 3.8) is 0 Å². The van der Waals surface area contributed by atoms with E-state index < -0.39 is 17.5 Å². The summed E-state index contributed by atoms with van der Waals surface area (Å²) in [6, 6.07) is 2.95. The lowest BCUT2D eigenvalue weighted by atomic mass is 10.1. The average Bonchev–Trinajstić information content (AvgIpc) is 2.53. The van der Waals surface area contributed by atoms with E-state index in [2.05, 4.69) is 34.4 Å². The van der Waals surface area contributed by atoms with Gasteiger partial charge in [-0.05, 0) is 24.5 Å². The fourth-order valence-electron chi connectivity index (χ4n) is 2.06. The molecule has 25 heavy (non-hydrogen) atoms. The average molecular weight is 350 g/mol. The number of methoxy groups -OCH3 is 1. The molecule has 0 saturated heterocycles. The molecule has 1 aromatic heterocycles. The maximum atomic E-state index is 13.3. The first-order valence-corrected chi connectivity index (χ1v) is 7.81. The molecule has 0 radical (unpaired) electrons. The normalized spacial score (nSPS) is 10.6. The molecule has 0 atom stereocenters. The molecular weight excluding hydrogens is 330 g/mol. The minimum atomic E-state index is -0.734. The third-order valence-corrected chi connectivity index (χ3v) is 3.32. The number of anilines is 2. The molecule has 134 valence electrons. The number of aromatic nitrogens is 2. The van der Waals surface area contributed by atoms with Crippen molar-refractivity contribution in [2.24, 2.45) is 5.92 Å². The molecule has 2 N–H and O–H groups in total. The van der Waals surface area contributed by atoms with Gasteiger partial charge < -0.3 is 15.4 Å². The fraction of sp³-hybridized carbons (Fsp3) is 0.353. The molecule has 0 aliphatic carbocycles. The molecule has 2 rings (SSSR count). The zero-order chi connectivity index (χ0) is 18.4. The minimum Gasteiger partial charge on any atom is -0.493 e. The molecule has 0 fully saturated rings. The van der Waals surface area contributed by atoms with Crippen molar-refractivity contribution < 1.29 is 18.3 Å². The molecule has 0 aliphatic rings. The standard InChI is InChI=1S/C17H20F2N4O2/c1-10(2)4-5-20-16(24)15-14(25-3)9-21-17(23-15)22-13-7-11(18)6-12(19)8-13/h6-10H,4-5H2,1-3H3,(H,20,24)(H,21,22,23). The molecule has 0 aliphatic heterocycles. The van der Waals surface area contributed by atoms with E-state index >= 15 is 0 Å². The largest absolute Gasteiger partial charge is 0.493 e. The van der Waals surface area contributed by atoms with Crippen molar-refractivity contribution in [3.8, 4) is 5.75 Å². The highest BCUT2D eigenvalue weighted by atomic mass is 19.1. The number of benzene rings is 1. The van der Waals surface area contributed by atoms with Crippen molar-refractivity contribution in [2.75, 3.05) is 19.0 Å². The number of carbonyl (C=O) groups excluding carboxylic acids is 1. The highest BCUT2D eigenvalue weighted by Crippen LogP contribution is 2.20. The second-order valence-electron chi connectivity index (χ2n) is 5.83. The lowest BCUT2D eigenvalue weighted by Crippen LogP contribution is -2.27. The predicted octanol–water partition coefficient (Wildman–Crippen LogP) is 3.28. The van der Waals surface area contributed by atoms with Crippen LogP contribution in [0.3, 0.4) is 0 Å². The van der Waals surface area contributed by atoms with Crippen molar-refractivity contribution >= 4 is 17.5 Å². The third-order valence-electron chi connectivity index (χ3n) is 3.32. The van der Waals surface area contributed by atoms with E-state index in [1.165, 1.54) is 13.3 Å². The van der Waals surface area contributed by atoms with Gasteiger partial charge >= 0.3 is 0 Å². The highest BCUT2D eigenvalue weighted by Gasteiger charge is 2.16. The zero-order valence-electron chi connectivity index (χ0n) is 14.3. The van der Waals surface area contributed by atoms with Gasteiger partial charge in [0.15, 0.2) is 11.4 Å². The lowest BCUT2D eigenvalue weighted by molar-refractivity contribution is 0.0943. The summed E-state index contributed by atoms with van der Waals surface area (Å²) in [5.74, 6) is -1.19. The Morgan fingerprint density at radius 2 is 1.92 bits per heavy atom. The van der Waals surface area contributed by atoms with E-state index in [1.54, 1.807) is 0 Å². The van der Waals surface area contributed by atoms with Crippen LogP contribution in [0.2, 0.25) is 0 Å². The van der Waals surface area contributed by atoms with Gasteiger partial charge in [-0.2, -0.15) is 0 Å². The highest BCUT2D eigenvalue weighted by molar-refractivity contribution is 5.95. The van der Waals surface area contributed by atoms with Gasteiger partial charge in [0.2, 0.25) is 5.95 Å². The summed E-state index contributed by atoms with van der Waals surface area (Å²) >= 11 is 0. The van der Waals surface area contributed by atoms with E-state index in [0.717, 1.165) is 24.6 Å². The van der Waals surface area contributed by atoms with Crippen molar-refractivity contribution in [2.45, 2.75) is 20.3 Å². The van der Waals surface area contributed by atoms with Crippen molar-refractivity contribution in [3.05, 3.63) is 41.7 Å². The summed E-state index contributed by atoms with van der Waals surface area (Å²) in [5, 5.41) is 5.43. The van der Waals surface area contributed by atoms with Gasteiger partial charge in [0.05, 0.1) is 13.3 Å². The maximum Gasteiger partial charge on any atom is 0.273 e. The first-order chi connectivity index (χ1) is 11.9. The Labute approximate surface area is 144 Å². The van der Waals surface area contributed by atoms with Crippen LogP contribution in [-0.2, 0) is 0 Å². The van der Waals surface area contributed by atoms with Crippen LogP contribution in [0, 0.1) is 17.6 Å². The van der Waals surface area contributed by atoms with Gasteiger partial charge in [0.25, 0.3) is 5.91 Å². The lowest BCUT2D eigenvalue weighted by Gasteiger charge is -2.11. The fourth-order valence-corrected chi connectivity index (χ4v) is 2.06. The smallest absolute Gasteiger partial charge is 0.273 e. The number of hydrogen-bond acceptors (Lipinski definition) is 5. The number of carbonyl (C=O) groups is 1. The molecule has 1 amide bonds. The molecule has 2 aromatic rings. The Morgan fingerprint density at radius 3 is 2.52 bits per heavy atom. The van der Waals surface area contributed by atoms with Crippen LogP contribution < -0.4 is 15.4 Å². The summed E-state index contributed by atoms with van der Waals surface area (Å²) in [5.41, 5.74) is 0.175. The van der Waals surface area contributed by atoms with Crippen LogP contribution in [0.5, 0.6) is 5.75 Å². The van der Waals surface area contributed by atoms with Crippen LogP contribution in [0.15, 0.2) is 24.4 Å². The van der Waals surface area contributed by atoms with E-state index in [-0.39, 0.29) is 23.1 Å². The first-order valence-electron chi connectivity index (χ1n) is 7.81. The van der Waals surface area contributed by atoms with Crippen LogP contribution in [0.1, 0.15) is 30.8 Å². The van der Waals surface area contributed by atoms with E-state index in [9.17, 15) is 13.6 Å². The van der Waals surface area contributed by atoms with E-state index in [4.69, 9.17) is 4.74 Å². The molecule has 0 spiro atoms. The minimum absolute atomic E-state index is 0.0276. The molecular formula is C17H20F2N4O2. The second kappa shape index (κ2) is 8.36. The van der Waals surface area contributed by atoms with Crippen LogP contribution in [0.4, 0.5) is 20.4 Å². The number of amides is 1. The van der Waals surface area contributed by atoms with Gasteiger partial charge in [-0.3, -0.25) is 4.79 Å². The Hall–Kier alpha value is -2.77. The Bertz CT molecular complexity index is 733. The van der Waals surface area contributed by atoms with Gasteiger partial charge in [0, 0.05) is 18.3 Å². The Morgan fingerprint density at radius 1 is 1.24 bits per heavy atom. The number of nitrogens with one attached hydrogen (secondary N) is 2. The molecule has 8 heteroatoms. The number of rotatable bonds is 7. The molecule has 0 saturated carbocycles. The third kappa shape index (κ3) is 5.37. The summed E-state index contributed by atoms with van der Waals surface area (Å²) in [6.07, 6.45) is 2.15. The van der Waals surface area contributed by atoms with Gasteiger partial charge in [-0.1, -0.05) is 13.8 Å². The maximum absolute atomic E-state index is 13.3. The van der Waals surface area contributed by atoms with Crippen molar-refractivity contribution in [1.82, 2.24) is 15.3 Å². The van der Waals surface area contributed by atoms with Crippen LogP contribution >= 0.6 is 0 Å². The van der Waals surface area contributed by atoms with Gasteiger partial charge in [-0.25, -0.2) is 18.7 Å². The molecule has 1 aromatic carbocycles. The first kappa shape index (κ1) is 18.6. The zero-order valence-corrected chi connectivity index (χ0v) is 14.3. The molecule has 0 bridgehead atoms. The Balaban J connectivity index is 2.19. The van der Waals surface area contributed by atoms with Gasteiger partial charge in [-0.15, -0.1) is 0 Å². The SMILES string of the molecule is COc1cnc(Nc2cc(F)cc(F)c2)nc1C(=O)NCCC(C)C. The van der Waals surface area contributed by atoms with Gasteiger partial charge in [0.1, 0.15) is 11.6 Å². The number of ether oxygens (including phenoxy) is 1. The second-order valence-corrected chi connectivity index (χ2v) is 5.83. The quantitative estimate of drug-likeness (QED) is 0.801. The number of nitrogens with zero attached hydrogens (tertiary/aromatic N) is 2. The molecule has 1 heterocycles. The summed E-state index contributed by atoms with van der Waals surface area (Å²) in [6.45, 7) is 4.61. The molecule has 6 nitrogen and oxygen atoms in total.